The molecule has 1 fully saturated rings. The van der Waals surface area contributed by atoms with Gasteiger partial charge in [0.05, 0.1) is 16.6 Å². The predicted octanol–water partition coefficient (Wildman–Crippen LogP) is 6.21. The zero-order valence-corrected chi connectivity index (χ0v) is 29.1. The summed E-state index contributed by atoms with van der Waals surface area (Å²) in [5.74, 6) is -0.820. The van der Waals surface area contributed by atoms with Crippen LogP contribution in [0.15, 0.2) is 95.8 Å². The zero-order chi connectivity index (χ0) is 36.0. The zero-order valence-electron chi connectivity index (χ0n) is 29.1. The van der Waals surface area contributed by atoms with Gasteiger partial charge in [0.15, 0.2) is 0 Å². The normalized spacial score (nSPS) is 13.9. The van der Waals surface area contributed by atoms with Crippen LogP contribution in [-0.4, -0.2) is 70.4 Å². The fraction of sp³-hybridized carbons (Fsp3) is 0.310. The number of carbonyl (C=O) groups is 3. The smallest absolute Gasteiger partial charge is 0.272 e. The van der Waals surface area contributed by atoms with Crippen molar-refractivity contribution in [3.05, 3.63) is 135 Å². The molecule has 5 aromatic rings. The molecule has 10 heteroatoms. The number of hydrogen-bond acceptors (Lipinski definition) is 5. The third-order valence-electron chi connectivity index (χ3n) is 10.3. The summed E-state index contributed by atoms with van der Waals surface area (Å²) in [4.78, 5) is 54.7. The van der Waals surface area contributed by atoms with E-state index < -0.39 is 11.7 Å². The van der Waals surface area contributed by atoms with Gasteiger partial charge < -0.3 is 15.1 Å². The third kappa shape index (κ3) is 7.51. The fourth-order valence-corrected chi connectivity index (χ4v) is 7.55. The molecular weight excluding hydrogens is 657 g/mol. The van der Waals surface area contributed by atoms with Crippen LogP contribution in [0.1, 0.15) is 77.2 Å². The van der Waals surface area contributed by atoms with Crippen LogP contribution in [0, 0.1) is 5.82 Å². The summed E-state index contributed by atoms with van der Waals surface area (Å²) in [6.07, 6.45) is 4.61. The van der Waals surface area contributed by atoms with Crippen LogP contribution < -0.4 is 10.9 Å². The van der Waals surface area contributed by atoms with Crippen molar-refractivity contribution in [2.75, 3.05) is 32.7 Å². The lowest BCUT2D eigenvalue weighted by atomic mass is 9.93. The maximum absolute atomic E-state index is 14.9. The molecule has 1 aliphatic heterocycles. The third-order valence-corrected chi connectivity index (χ3v) is 10.3. The molecule has 3 amide bonds. The van der Waals surface area contributed by atoms with E-state index in [0.29, 0.717) is 74.0 Å². The summed E-state index contributed by atoms with van der Waals surface area (Å²) in [6, 6.07) is 28.3. The van der Waals surface area contributed by atoms with Gasteiger partial charge in [0.2, 0.25) is 11.8 Å². The van der Waals surface area contributed by atoms with E-state index >= 15 is 0 Å². The fourth-order valence-electron chi connectivity index (χ4n) is 7.55. The van der Waals surface area contributed by atoms with E-state index in [4.69, 9.17) is 0 Å². The summed E-state index contributed by atoms with van der Waals surface area (Å²) >= 11 is 0. The molecule has 0 atom stereocenters. The van der Waals surface area contributed by atoms with Crippen molar-refractivity contribution in [1.29, 1.82) is 0 Å². The van der Waals surface area contributed by atoms with Crippen molar-refractivity contribution in [3.8, 4) is 11.1 Å². The van der Waals surface area contributed by atoms with Gasteiger partial charge in [-0.25, -0.2) is 9.49 Å². The Hall–Kier alpha value is -5.64. The predicted molar refractivity (Wildman–Crippen MR) is 198 cm³/mol. The van der Waals surface area contributed by atoms with Gasteiger partial charge in [-0.3, -0.25) is 19.2 Å². The van der Waals surface area contributed by atoms with Crippen molar-refractivity contribution in [1.82, 2.24) is 25.3 Å². The number of benzene rings is 4. The van der Waals surface area contributed by atoms with Crippen LogP contribution in [0.3, 0.4) is 0 Å². The highest BCUT2D eigenvalue weighted by Gasteiger charge is 2.30. The minimum Gasteiger partial charge on any atom is -0.356 e. The monoisotopic (exact) mass is 699 g/mol. The molecule has 0 bridgehead atoms. The first-order valence-corrected chi connectivity index (χ1v) is 18.1. The summed E-state index contributed by atoms with van der Waals surface area (Å²) in [7, 11) is 0. The number of amides is 3. The van der Waals surface area contributed by atoms with Crippen molar-refractivity contribution >= 4 is 28.5 Å². The van der Waals surface area contributed by atoms with E-state index in [2.05, 4.69) is 39.8 Å². The van der Waals surface area contributed by atoms with Crippen molar-refractivity contribution in [2.45, 2.75) is 50.9 Å². The molecule has 0 saturated carbocycles. The second-order valence-corrected chi connectivity index (χ2v) is 13.7. The number of piperazine rings is 1. The Morgan fingerprint density at radius 2 is 1.40 bits per heavy atom. The Labute approximate surface area is 301 Å². The number of nitrogens with one attached hydrogen (secondary N) is 2. The number of aromatic nitrogens is 2. The minimum absolute atomic E-state index is 0.0172. The van der Waals surface area contributed by atoms with Crippen LogP contribution in [0.25, 0.3) is 21.9 Å². The highest BCUT2D eigenvalue weighted by Crippen LogP contribution is 2.46. The Morgan fingerprint density at radius 1 is 0.769 bits per heavy atom. The summed E-state index contributed by atoms with van der Waals surface area (Å²) in [6.45, 7) is 2.08. The number of fused-ring (bicyclic) bond motifs is 4. The molecule has 0 radical (unpaired) electrons. The highest BCUT2D eigenvalue weighted by atomic mass is 19.1. The number of hydrogen-bond donors (Lipinski definition) is 2. The molecule has 2 heterocycles. The Bertz CT molecular complexity index is 2130. The van der Waals surface area contributed by atoms with E-state index in [9.17, 15) is 23.6 Å². The molecule has 2 N–H and O–H groups in total. The van der Waals surface area contributed by atoms with Gasteiger partial charge >= 0.3 is 0 Å². The molecular formula is C42H42FN5O4. The van der Waals surface area contributed by atoms with Crippen LogP contribution in [0.2, 0.25) is 0 Å². The molecule has 0 unspecified atom stereocenters. The summed E-state index contributed by atoms with van der Waals surface area (Å²) < 4.78 is 14.9. The Balaban J connectivity index is 0.814. The summed E-state index contributed by atoms with van der Waals surface area (Å²) in [5, 5.41) is 11.0. The maximum atomic E-state index is 14.9. The molecule has 2 aliphatic rings. The van der Waals surface area contributed by atoms with Gasteiger partial charge in [-0.2, -0.15) is 5.10 Å². The molecule has 52 heavy (non-hydrogen) atoms. The highest BCUT2D eigenvalue weighted by molar-refractivity contribution is 5.95. The van der Waals surface area contributed by atoms with E-state index in [1.807, 2.05) is 36.4 Å². The number of H-pyrrole nitrogens is 1. The topological polar surface area (TPSA) is 115 Å². The molecule has 0 spiro atoms. The first-order chi connectivity index (χ1) is 25.4. The minimum atomic E-state index is -0.600. The average molecular weight is 700 g/mol. The standard InChI is InChI=1S/C42H42FN5O4/c43-37-19-18-28(26-38-33-15-8-9-16-34(33)41(51)46-45-38)25-36(37)42(52)48-23-21-47(22-24-48)40(50)17-3-1-2-10-20-44-39(49)27-35-31-13-6-4-11-29(31)30-12-5-7-14-32(30)35/h4-9,11-16,18-19,25,35H,1-3,10,17,20-24,26-27H2,(H,44,49)(H,46,51). The number of nitrogens with zero attached hydrogens (tertiary/aromatic N) is 3. The SMILES string of the molecule is O=C(CC1c2ccccc2-c2ccccc21)NCCCCCCC(=O)N1CCN(C(=O)c2cc(Cc3n[nH]c(=O)c4ccccc34)ccc2F)CC1. The van der Waals surface area contributed by atoms with E-state index in [0.717, 1.165) is 25.7 Å². The van der Waals surface area contributed by atoms with Crippen LogP contribution >= 0.6 is 0 Å². The molecule has 7 rings (SSSR count). The van der Waals surface area contributed by atoms with Gasteiger partial charge in [-0.1, -0.05) is 85.6 Å². The van der Waals surface area contributed by atoms with Gasteiger partial charge in [-0.15, -0.1) is 0 Å². The average Bonchev–Trinajstić information content (AvgIpc) is 3.49. The number of unbranched alkanes of at least 4 members (excludes halogenated alkanes) is 3. The van der Waals surface area contributed by atoms with E-state index in [1.165, 1.54) is 28.3 Å². The van der Waals surface area contributed by atoms with E-state index in [-0.39, 0.29) is 28.9 Å². The lowest BCUT2D eigenvalue weighted by Gasteiger charge is -2.35. The molecule has 4 aromatic carbocycles. The molecule has 1 saturated heterocycles. The Morgan fingerprint density at radius 3 is 2.13 bits per heavy atom. The lowest BCUT2D eigenvalue weighted by molar-refractivity contribution is -0.132. The quantitative estimate of drug-likeness (QED) is 0.151. The largest absolute Gasteiger partial charge is 0.356 e. The van der Waals surface area contributed by atoms with E-state index in [1.54, 1.807) is 34.1 Å². The molecule has 266 valence electrons. The first kappa shape index (κ1) is 34.8. The molecule has 1 aliphatic carbocycles. The summed E-state index contributed by atoms with van der Waals surface area (Å²) in [5.41, 5.74) is 5.89. The Kier molecular flexibility index (Phi) is 10.5. The van der Waals surface area contributed by atoms with Crippen LogP contribution in [-0.2, 0) is 16.0 Å². The number of aromatic amines is 1. The van der Waals surface area contributed by atoms with Gasteiger partial charge in [0.1, 0.15) is 5.82 Å². The first-order valence-electron chi connectivity index (χ1n) is 18.1. The van der Waals surface area contributed by atoms with Gasteiger partial charge in [-0.05, 0) is 58.9 Å². The number of carbonyl (C=O) groups excluding carboxylic acids is 3. The van der Waals surface area contributed by atoms with Crippen molar-refractivity contribution < 1.29 is 18.8 Å². The van der Waals surface area contributed by atoms with Crippen molar-refractivity contribution in [2.24, 2.45) is 0 Å². The van der Waals surface area contributed by atoms with Crippen molar-refractivity contribution in [3.63, 3.8) is 0 Å². The van der Waals surface area contributed by atoms with Crippen LogP contribution in [0.4, 0.5) is 4.39 Å². The van der Waals surface area contributed by atoms with Gasteiger partial charge in [0, 0.05) is 63.3 Å². The molecule has 9 nitrogen and oxygen atoms in total. The van der Waals surface area contributed by atoms with Gasteiger partial charge in [0.25, 0.3) is 11.5 Å². The maximum Gasteiger partial charge on any atom is 0.272 e. The number of rotatable bonds is 12. The number of halogens is 1. The van der Waals surface area contributed by atoms with Crippen LogP contribution in [0.5, 0.6) is 0 Å². The molecule has 1 aromatic heterocycles. The lowest BCUT2D eigenvalue weighted by Crippen LogP contribution is -2.50. The second-order valence-electron chi connectivity index (χ2n) is 13.7. The second kappa shape index (κ2) is 15.7.